The van der Waals surface area contributed by atoms with Gasteiger partial charge < -0.3 is 5.32 Å². The summed E-state index contributed by atoms with van der Waals surface area (Å²) in [5, 5.41) is 3.71. The summed E-state index contributed by atoms with van der Waals surface area (Å²) in [5.74, 6) is 1.76. The molecule has 0 aromatic carbocycles. The molecule has 0 heterocycles. The zero-order valence-corrected chi connectivity index (χ0v) is 11.0. The summed E-state index contributed by atoms with van der Waals surface area (Å²) < 4.78 is 0. The van der Waals surface area contributed by atoms with Gasteiger partial charge in [-0.05, 0) is 62.3 Å². The van der Waals surface area contributed by atoms with Crippen LogP contribution in [0, 0.1) is 17.3 Å². The highest BCUT2D eigenvalue weighted by Gasteiger charge is 2.34. The van der Waals surface area contributed by atoms with Gasteiger partial charge in [0.1, 0.15) is 0 Å². The molecule has 1 nitrogen and oxygen atoms in total. The maximum Gasteiger partial charge on any atom is 0.00683 e. The number of nitrogens with one attached hydrogen (secondary N) is 1. The summed E-state index contributed by atoms with van der Waals surface area (Å²) in [7, 11) is 0. The van der Waals surface area contributed by atoms with Crippen LogP contribution in [0.2, 0.25) is 0 Å². The van der Waals surface area contributed by atoms with Crippen molar-refractivity contribution in [3.8, 4) is 0 Å². The molecule has 2 fully saturated rings. The second-order valence-electron chi connectivity index (χ2n) is 6.63. The molecule has 1 N–H and O–H groups in total. The molecule has 2 rings (SSSR count). The van der Waals surface area contributed by atoms with E-state index in [1.807, 2.05) is 0 Å². The first-order valence-corrected chi connectivity index (χ1v) is 6.95. The molecule has 2 aliphatic rings. The molecule has 2 aliphatic carbocycles. The zero-order chi connectivity index (χ0) is 11.6. The Balaban J connectivity index is 1.85. The van der Waals surface area contributed by atoms with Crippen LogP contribution in [0.15, 0.2) is 12.7 Å². The van der Waals surface area contributed by atoms with E-state index in [0.29, 0.717) is 5.41 Å². The Labute approximate surface area is 101 Å². The second kappa shape index (κ2) is 4.91. The lowest BCUT2D eigenvalue weighted by molar-refractivity contribution is 0.117. The molecular formula is C15H27N. The summed E-state index contributed by atoms with van der Waals surface area (Å²) in [6.45, 7) is 10.0. The molecule has 1 heteroatoms. The van der Waals surface area contributed by atoms with Gasteiger partial charge >= 0.3 is 0 Å². The first-order valence-electron chi connectivity index (χ1n) is 6.95. The Morgan fingerprint density at radius 3 is 2.62 bits per heavy atom. The first-order chi connectivity index (χ1) is 7.61. The van der Waals surface area contributed by atoms with Crippen molar-refractivity contribution in [2.45, 2.75) is 58.4 Å². The number of rotatable bonds is 5. The van der Waals surface area contributed by atoms with Gasteiger partial charge in [0.25, 0.3) is 0 Å². The second-order valence-corrected chi connectivity index (χ2v) is 6.63. The molecule has 0 radical (unpaired) electrons. The van der Waals surface area contributed by atoms with Crippen LogP contribution in [0.1, 0.15) is 52.4 Å². The quantitative estimate of drug-likeness (QED) is 0.697. The van der Waals surface area contributed by atoms with Crippen LogP contribution in [-0.4, -0.2) is 12.6 Å². The molecule has 2 saturated carbocycles. The summed E-state index contributed by atoms with van der Waals surface area (Å²) in [5.41, 5.74) is 0.559. The molecule has 0 spiro atoms. The largest absolute Gasteiger partial charge is 0.314 e. The van der Waals surface area contributed by atoms with Crippen molar-refractivity contribution in [2.24, 2.45) is 17.3 Å². The molecule has 0 aromatic rings. The fourth-order valence-electron chi connectivity index (χ4n) is 3.15. The van der Waals surface area contributed by atoms with Crippen LogP contribution in [0.25, 0.3) is 0 Å². The molecule has 2 atom stereocenters. The lowest BCUT2D eigenvalue weighted by atomic mass is 9.66. The van der Waals surface area contributed by atoms with Crippen LogP contribution in [-0.2, 0) is 0 Å². The first kappa shape index (κ1) is 12.2. The summed E-state index contributed by atoms with van der Waals surface area (Å²) in [6.07, 6.45) is 10.3. The minimum Gasteiger partial charge on any atom is -0.314 e. The van der Waals surface area contributed by atoms with Crippen molar-refractivity contribution in [2.75, 3.05) is 6.54 Å². The standard InChI is InChI=1S/C15H27N/c1-4-5-12-10-15(2,3)9-8-13(12)11-16-14-6-7-14/h4,12-14,16H,1,5-11H2,2-3H3. The minimum absolute atomic E-state index is 0.559. The van der Waals surface area contributed by atoms with Crippen molar-refractivity contribution in [1.29, 1.82) is 0 Å². The van der Waals surface area contributed by atoms with Crippen LogP contribution in [0.4, 0.5) is 0 Å². The van der Waals surface area contributed by atoms with Gasteiger partial charge in [-0.3, -0.25) is 0 Å². The number of allylic oxidation sites excluding steroid dienone is 1. The minimum atomic E-state index is 0.559. The average molecular weight is 221 g/mol. The highest BCUT2D eigenvalue weighted by Crippen LogP contribution is 2.43. The highest BCUT2D eigenvalue weighted by molar-refractivity contribution is 4.91. The molecule has 2 unspecified atom stereocenters. The van der Waals surface area contributed by atoms with E-state index in [9.17, 15) is 0 Å². The highest BCUT2D eigenvalue weighted by atomic mass is 14.9. The normalized spacial score (nSPS) is 33.6. The van der Waals surface area contributed by atoms with E-state index in [2.05, 4.69) is 31.8 Å². The monoisotopic (exact) mass is 221 g/mol. The topological polar surface area (TPSA) is 12.0 Å². The third-order valence-electron chi connectivity index (χ3n) is 4.39. The van der Waals surface area contributed by atoms with Crippen molar-refractivity contribution < 1.29 is 0 Å². The van der Waals surface area contributed by atoms with Crippen LogP contribution in [0.3, 0.4) is 0 Å². The zero-order valence-electron chi connectivity index (χ0n) is 11.0. The van der Waals surface area contributed by atoms with E-state index in [0.717, 1.165) is 17.9 Å². The van der Waals surface area contributed by atoms with E-state index in [-0.39, 0.29) is 0 Å². The van der Waals surface area contributed by atoms with E-state index in [4.69, 9.17) is 0 Å². The van der Waals surface area contributed by atoms with Crippen LogP contribution in [0.5, 0.6) is 0 Å². The maximum absolute atomic E-state index is 3.92. The number of hydrogen-bond donors (Lipinski definition) is 1. The fraction of sp³-hybridized carbons (Fsp3) is 0.867. The van der Waals surface area contributed by atoms with E-state index in [1.165, 1.54) is 45.1 Å². The summed E-state index contributed by atoms with van der Waals surface area (Å²) in [6, 6.07) is 0.860. The summed E-state index contributed by atoms with van der Waals surface area (Å²) >= 11 is 0. The predicted molar refractivity (Wildman–Crippen MR) is 70.5 cm³/mol. The number of hydrogen-bond acceptors (Lipinski definition) is 1. The van der Waals surface area contributed by atoms with Crippen LogP contribution >= 0.6 is 0 Å². The van der Waals surface area contributed by atoms with Gasteiger partial charge in [0.05, 0.1) is 0 Å². The smallest absolute Gasteiger partial charge is 0.00683 e. The molecule has 92 valence electrons. The predicted octanol–water partition coefficient (Wildman–Crippen LogP) is 3.76. The molecule has 0 aromatic heterocycles. The third kappa shape index (κ3) is 3.35. The Morgan fingerprint density at radius 1 is 1.25 bits per heavy atom. The SMILES string of the molecule is C=CCC1CC(C)(C)CCC1CNC1CC1. The van der Waals surface area contributed by atoms with E-state index < -0.39 is 0 Å². The molecule has 16 heavy (non-hydrogen) atoms. The van der Waals surface area contributed by atoms with Gasteiger partial charge in [-0.15, -0.1) is 6.58 Å². The Hall–Kier alpha value is -0.300. The van der Waals surface area contributed by atoms with Gasteiger partial charge in [0.2, 0.25) is 0 Å². The van der Waals surface area contributed by atoms with Crippen molar-refractivity contribution in [3.05, 3.63) is 12.7 Å². The lowest BCUT2D eigenvalue weighted by Crippen LogP contribution is -2.36. The molecular weight excluding hydrogens is 194 g/mol. The van der Waals surface area contributed by atoms with Gasteiger partial charge in [0.15, 0.2) is 0 Å². The Morgan fingerprint density at radius 2 is 2.00 bits per heavy atom. The summed E-state index contributed by atoms with van der Waals surface area (Å²) in [4.78, 5) is 0. The maximum atomic E-state index is 3.92. The average Bonchev–Trinajstić information content (AvgIpc) is 3.00. The van der Waals surface area contributed by atoms with Crippen molar-refractivity contribution >= 4 is 0 Å². The molecule has 0 bridgehead atoms. The van der Waals surface area contributed by atoms with Crippen molar-refractivity contribution in [1.82, 2.24) is 5.32 Å². The molecule has 0 aliphatic heterocycles. The molecule has 0 saturated heterocycles. The lowest BCUT2D eigenvalue weighted by Gasteiger charge is -2.40. The Kier molecular flexibility index (Phi) is 3.73. The van der Waals surface area contributed by atoms with Crippen LogP contribution < -0.4 is 5.32 Å². The van der Waals surface area contributed by atoms with Gasteiger partial charge in [-0.1, -0.05) is 19.9 Å². The van der Waals surface area contributed by atoms with Gasteiger partial charge in [-0.25, -0.2) is 0 Å². The van der Waals surface area contributed by atoms with E-state index >= 15 is 0 Å². The van der Waals surface area contributed by atoms with E-state index in [1.54, 1.807) is 0 Å². The van der Waals surface area contributed by atoms with Gasteiger partial charge in [0, 0.05) is 6.04 Å². The van der Waals surface area contributed by atoms with Crippen molar-refractivity contribution in [3.63, 3.8) is 0 Å². The van der Waals surface area contributed by atoms with Gasteiger partial charge in [-0.2, -0.15) is 0 Å². The third-order valence-corrected chi connectivity index (χ3v) is 4.39. The Bertz CT molecular complexity index is 238. The fourth-order valence-corrected chi connectivity index (χ4v) is 3.15. The molecule has 0 amide bonds.